The Bertz CT molecular complexity index is 734. The lowest BCUT2D eigenvalue weighted by Crippen LogP contribution is -2.35. The molecule has 1 unspecified atom stereocenters. The van der Waals surface area contributed by atoms with Gasteiger partial charge in [0.2, 0.25) is 11.6 Å². The molecule has 8 heteroatoms. The van der Waals surface area contributed by atoms with Gasteiger partial charge >= 0.3 is 5.69 Å². The fourth-order valence-electron chi connectivity index (χ4n) is 2.91. The van der Waals surface area contributed by atoms with Crippen LogP contribution in [0, 0.1) is 23.0 Å². The summed E-state index contributed by atoms with van der Waals surface area (Å²) in [4.78, 5) is 25.7. The van der Waals surface area contributed by atoms with Gasteiger partial charge in [0.05, 0.1) is 4.92 Å². The fraction of sp³-hybridized carbons (Fsp3) is 0.438. The monoisotopic (exact) mass is 328 g/mol. The predicted octanol–water partition coefficient (Wildman–Crippen LogP) is 3.07. The topological polar surface area (TPSA) is 97.1 Å². The highest BCUT2D eigenvalue weighted by Gasteiger charge is 2.29. The van der Waals surface area contributed by atoms with Crippen LogP contribution in [0.2, 0.25) is 0 Å². The quantitative estimate of drug-likeness (QED) is 0.680. The maximum absolute atomic E-state index is 11.6. The molecule has 0 aromatic carbocycles. The van der Waals surface area contributed by atoms with E-state index in [0.717, 1.165) is 31.5 Å². The second-order valence-electron chi connectivity index (χ2n) is 6.19. The molecule has 0 amide bonds. The van der Waals surface area contributed by atoms with E-state index < -0.39 is 4.92 Å². The summed E-state index contributed by atoms with van der Waals surface area (Å²) in [7, 11) is 0. The van der Waals surface area contributed by atoms with E-state index in [9.17, 15) is 10.1 Å². The highest BCUT2D eigenvalue weighted by Crippen LogP contribution is 2.35. The minimum absolute atomic E-state index is 0.103. The van der Waals surface area contributed by atoms with E-state index in [0.29, 0.717) is 17.6 Å². The first-order valence-corrected chi connectivity index (χ1v) is 7.98. The highest BCUT2D eigenvalue weighted by molar-refractivity contribution is 5.73. The van der Waals surface area contributed by atoms with Crippen molar-refractivity contribution in [3.05, 3.63) is 40.3 Å². The standard InChI is InChI=1S/C16H20N6O2/c1-11-5-6-13(17-8-11)20-15-14(22(23)24)16(19-10-18-15)21-7-3-4-12(2)9-21/h5-6,8,10,12H,3-4,7,9H2,1-2H3,(H,17,18,19,20). The molecule has 1 atom stereocenters. The Labute approximate surface area is 140 Å². The summed E-state index contributed by atoms with van der Waals surface area (Å²) >= 11 is 0. The van der Waals surface area contributed by atoms with Crippen molar-refractivity contribution in [2.24, 2.45) is 5.92 Å². The first kappa shape index (κ1) is 16.1. The minimum Gasteiger partial charge on any atom is -0.350 e. The Kier molecular flexibility index (Phi) is 4.54. The van der Waals surface area contributed by atoms with Crippen LogP contribution in [0.15, 0.2) is 24.7 Å². The van der Waals surface area contributed by atoms with Crippen LogP contribution in [0.25, 0.3) is 0 Å². The largest absolute Gasteiger partial charge is 0.353 e. The summed E-state index contributed by atoms with van der Waals surface area (Å²) in [5, 5.41) is 14.6. The second kappa shape index (κ2) is 6.77. The smallest absolute Gasteiger partial charge is 0.350 e. The third-order valence-corrected chi connectivity index (χ3v) is 4.10. The van der Waals surface area contributed by atoms with E-state index >= 15 is 0 Å². The van der Waals surface area contributed by atoms with Gasteiger partial charge in [-0.3, -0.25) is 10.1 Å². The summed E-state index contributed by atoms with van der Waals surface area (Å²) in [6, 6.07) is 3.65. The first-order chi connectivity index (χ1) is 11.5. The maximum Gasteiger partial charge on any atom is 0.353 e. The van der Waals surface area contributed by atoms with E-state index in [1.807, 2.05) is 17.9 Å². The number of aryl methyl sites for hydroxylation is 1. The van der Waals surface area contributed by atoms with Gasteiger partial charge in [0.15, 0.2) is 0 Å². The van der Waals surface area contributed by atoms with Crippen molar-refractivity contribution in [1.82, 2.24) is 15.0 Å². The van der Waals surface area contributed by atoms with E-state index in [1.54, 1.807) is 12.3 Å². The van der Waals surface area contributed by atoms with Crippen molar-refractivity contribution < 1.29 is 4.92 Å². The Balaban J connectivity index is 1.95. The third-order valence-electron chi connectivity index (χ3n) is 4.10. The van der Waals surface area contributed by atoms with Crippen LogP contribution in [-0.2, 0) is 0 Å². The van der Waals surface area contributed by atoms with Crippen LogP contribution in [0.5, 0.6) is 0 Å². The van der Waals surface area contributed by atoms with Gasteiger partial charge in [0, 0.05) is 19.3 Å². The molecule has 126 valence electrons. The number of aromatic nitrogens is 3. The van der Waals surface area contributed by atoms with E-state index in [-0.39, 0.29) is 11.5 Å². The van der Waals surface area contributed by atoms with Crippen LogP contribution in [0.4, 0.5) is 23.1 Å². The lowest BCUT2D eigenvalue weighted by atomic mass is 10.0. The average molecular weight is 328 g/mol. The SMILES string of the molecule is Cc1ccc(Nc2ncnc(N3CCCC(C)C3)c2[N+](=O)[O-])nc1. The van der Waals surface area contributed by atoms with E-state index in [1.165, 1.54) is 6.33 Å². The molecule has 0 spiro atoms. The molecule has 1 aliphatic rings. The van der Waals surface area contributed by atoms with Crippen molar-refractivity contribution in [2.75, 3.05) is 23.3 Å². The molecule has 0 radical (unpaired) electrons. The van der Waals surface area contributed by atoms with Gasteiger partial charge in [-0.15, -0.1) is 0 Å². The number of nitrogens with zero attached hydrogens (tertiary/aromatic N) is 5. The molecule has 0 aliphatic carbocycles. The minimum atomic E-state index is -0.425. The Morgan fingerprint density at radius 1 is 1.33 bits per heavy atom. The number of hydrogen-bond acceptors (Lipinski definition) is 7. The van der Waals surface area contributed by atoms with Gasteiger partial charge in [-0.25, -0.2) is 15.0 Å². The van der Waals surface area contributed by atoms with Gasteiger partial charge < -0.3 is 10.2 Å². The molecule has 1 fully saturated rings. The van der Waals surface area contributed by atoms with Crippen molar-refractivity contribution in [1.29, 1.82) is 0 Å². The summed E-state index contributed by atoms with van der Waals surface area (Å²) in [5.41, 5.74) is 0.912. The first-order valence-electron chi connectivity index (χ1n) is 7.98. The lowest BCUT2D eigenvalue weighted by Gasteiger charge is -2.31. The van der Waals surface area contributed by atoms with E-state index in [2.05, 4.69) is 27.2 Å². The molecule has 3 rings (SSSR count). The molecule has 3 heterocycles. The molecule has 1 aliphatic heterocycles. The highest BCUT2D eigenvalue weighted by atomic mass is 16.6. The number of anilines is 3. The zero-order valence-electron chi connectivity index (χ0n) is 13.8. The molecule has 24 heavy (non-hydrogen) atoms. The number of piperidine rings is 1. The molecule has 2 aromatic heterocycles. The molecule has 1 saturated heterocycles. The molecule has 8 nitrogen and oxygen atoms in total. The van der Waals surface area contributed by atoms with Crippen molar-refractivity contribution in [3.8, 4) is 0 Å². The fourth-order valence-corrected chi connectivity index (χ4v) is 2.91. The van der Waals surface area contributed by atoms with Crippen molar-refractivity contribution in [3.63, 3.8) is 0 Å². The number of nitro groups is 1. The average Bonchev–Trinajstić information content (AvgIpc) is 2.56. The van der Waals surface area contributed by atoms with Gasteiger partial charge in [-0.2, -0.15) is 0 Å². The van der Waals surface area contributed by atoms with Crippen LogP contribution in [-0.4, -0.2) is 33.0 Å². The Morgan fingerprint density at radius 3 is 2.83 bits per heavy atom. The number of rotatable bonds is 4. The molecule has 0 saturated carbocycles. The maximum atomic E-state index is 11.6. The zero-order valence-corrected chi connectivity index (χ0v) is 13.8. The summed E-state index contributed by atoms with van der Waals surface area (Å²) in [6.07, 6.45) is 5.19. The third kappa shape index (κ3) is 3.42. The molecule has 2 aromatic rings. The number of nitrogens with one attached hydrogen (secondary N) is 1. The molecule has 0 bridgehead atoms. The van der Waals surface area contributed by atoms with Crippen LogP contribution < -0.4 is 10.2 Å². The number of pyridine rings is 1. The van der Waals surface area contributed by atoms with Gasteiger partial charge in [-0.1, -0.05) is 13.0 Å². The van der Waals surface area contributed by atoms with Crippen LogP contribution >= 0.6 is 0 Å². The summed E-state index contributed by atoms with van der Waals surface area (Å²) in [6.45, 7) is 5.61. The van der Waals surface area contributed by atoms with Gasteiger partial charge in [0.1, 0.15) is 12.1 Å². The Hall–Kier alpha value is -2.77. The molecule has 1 N–H and O–H groups in total. The zero-order chi connectivity index (χ0) is 17.1. The van der Waals surface area contributed by atoms with Crippen molar-refractivity contribution in [2.45, 2.75) is 26.7 Å². The summed E-state index contributed by atoms with van der Waals surface area (Å²) < 4.78 is 0. The normalized spacial score (nSPS) is 17.6. The predicted molar refractivity (Wildman–Crippen MR) is 91.6 cm³/mol. The van der Waals surface area contributed by atoms with Crippen molar-refractivity contribution >= 4 is 23.1 Å². The molecular formula is C16H20N6O2. The van der Waals surface area contributed by atoms with Gasteiger partial charge in [0.25, 0.3) is 0 Å². The summed E-state index contributed by atoms with van der Waals surface area (Å²) in [5.74, 6) is 1.54. The Morgan fingerprint density at radius 2 is 2.17 bits per heavy atom. The van der Waals surface area contributed by atoms with Crippen LogP contribution in [0.3, 0.4) is 0 Å². The molecular weight excluding hydrogens is 308 g/mol. The lowest BCUT2D eigenvalue weighted by molar-refractivity contribution is -0.383. The van der Waals surface area contributed by atoms with Crippen LogP contribution in [0.1, 0.15) is 25.3 Å². The van der Waals surface area contributed by atoms with Gasteiger partial charge in [-0.05, 0) is 37.3 Å². The second-order valence-corrected chi connectivity index (χ2v) is 6.19. The van der Waals surface area contributed by atoms with E-state index in [4.69, 9.17) is 0 Å². The number of hydrogen-bond donors (Lipinski definition) is 1.